The molecule has 0 bridgehead atoms. The van der Waals surface area contributed by atoms with Crippen LogP contribution >= 0.6 is 11.3 Å². The first-order valence-electron chi connectivity index (χ1n) is 18.7. The van der Waals surface area contributed by atoms with Crippen LogP contribution in [0.4, 0.5) is 17.1 Å². The lowest BCUT2D eigenvalue weighted by atomic mass is 9.95. The molecule has 0 saturated carbocycles. The number of thiophene rings is 1. The van der Waals surface area contributed by atoms with Gasteiger partial charge in [-0.1, -0.05) is 146 Å². The predicted molar refractivity (Wildman–Crippen MR) is 235 cm³/mol. The number of anilines is 3. The van der Waals surface area contributed by atoms with E-state index in [0.29, 0.717) is 0 Å². The summed E-state index contributed by atoms with van der Waals surface area (Å²) in [7, 11) is 0. The molecule has 3 heteroatoms. The summed E-state index contributed by atoms with van der Waals surface area (Å²) in [5.74, 6) is 0. The van der Waals surface area contributed by atoms with Crippen LogP contribution < -0.4 is 4.90 Å². The third kappa shape index (κ3) is 5.32. The van der Waals surface area contributed by atoms with Crippen LogP contribution in [0.25, 0.3) is 86.3 Å². The van der Waals surface area contributed by atoms with Gasteiger partial charge in [-0.15, -0.1) is 11.3 Å². The van der Waals surface area contributed by atoms with Gasteiger partial charge in [0.05, 0.1) is 5.69 Å². The minimum absolute atomic E-state index is 0.894. The maximum atomic E-state index is 6.32. The Balaban J connectivity index is 1.12. The molecule has 11 rings (SSSR count). The second kappa shape index (κ2) is 12.9. The first-order chi connectivity index (χ1) is 27.3. The Morgan fingerprint density at radius 3 is 1.87 bits per heavy atom. The SMILES string of the molecule is c1cc(-c2ccc3c(c2)sc2ccccc23)cc(N(c2cccc(-c3cccc4oc5ccccc5c34)c2)c2ccccc2-c2cccc3ccccc23)c1. The fourth-order valence-electron chi connectivity index (χ4n) is 8.34. The highest BCUT2D eigenvalue weighted by atomic mass is 32.1. The third-order valence-corrected chi connectivity index (χ3v) is 12.0. The van der Waals surface area contributed by atoms with Crippen molar-refractivity contribution in [2.45, 2.75) is 0 Å². The van der Waals surface area contributed by atoms with Crippen LogP contribution in [-0.4, -0.2) is 0 Å². The molecule has 0 radical (unpaired) electrons. The van der Waals surface area contributed by atoms with Crippen LogP contribution in [0.1, 0.15) is 0 Å². The molecule has 0 aliphatic carbocycles. The Hall–Kier alpha value is -6.94. The van der Waals surface area contributed by atoms with Gasteiger partial charge in [-0.25, -0.2) is 0 Å². The minimum atomic E-state index is 0.894. The first kappa shape index (κ1) is 31.6. The van der Waals surface area contributed by atoms with Crippen molar-refractivity contribution in [3.63, 3.8) is 0 Å². The lowest BCUT2D eigenvalue weighted by Crippen LogP contribution is -2.11. The van der Waals surface area contributed by atoms with Gasteiger partial charge >= 0.3 is 0 Å². The average molecular weight is 720 g/mol. The molecule has 0 aliphatic heterocycles. The standard InChI is InChI=1S/C52H33NOS/c1-2-19-40-34(13-1)14-11-24-42(40)43-20-3-6-25-47(43)53(38-17-9-15-35(31-38)36-29-30-45-44-21-5-8-28-50(44)55-51(45)33-36)39-18-10-16-37(32-39)41-23-12-27-49-52(41)46-22-4-7-26-48(46)54-49/h1-33H. The van der Waals surface area contributed by atoms with Gasteiger partial charge in [-0.05, 0) is 93.2 Å². The van der Waals surface area contributed by atoms with E-state index >= 15 is 0 Å². The van der Waals surface area contributed by atoms with Crippen molar-refractivity contribution in [2.75, 3.05) is 4.90 Å². The number of hydrogen-bond donors (Lipinski definition) is 0. The zero-order chi connectivity index (χ0) is 36.3. The summed E-state index contributed by atoms with van der Waals surface area (Å²) >= 11 is 1.86. The molecule has 0 spiro atoms. The van der Waals surface area contributed by atoms with Crippen LogP contribution in [-0.2, 0) is 0 Å². The molecule has 0 fully saturated rings. The number of rotatable bonds is 6. The first-order valence-corrected chi connectivity index (χ1v) is 19.5. The van der Waals surface area contributed by atoms with Crippen molar-refractivity contribution >= 4 is 81.3 Å². The van der Waals surface area contributed by atoms with Crippen molar-refractivity contribution in [2.24, 2.45) is 0 Å². The molecule has 0 unspecified atom stereocenters. The van der Waals surface area contributed by atoms with E-state index in [4.69, 9.17) is 4.42 Å². The Morgan fingerprint density at radius 2 is 0.964 bits per heavy atom. The summed E-state index contributed by atoms with van der Waals surface area (Å²) in [6.07, 6.45) is 0. The maximum absolute atomic E-state index is 6.32. The molecular formula is C52H33NOS. The Labute approximate surface area is 322 Å². The van der Waals surface area contributed by atoms with Crippen LogP contribution in [0.5, 0.6) is 0 Å². The van der Waals surface area contributed by atoms with Crippen molar-refractivity contribution < 1.29 is 4.42 Å². The zero-order valence-corrected chi connectivity index (χ0v) is 30.6. The Kier molecular flexibility index (Phi) is 7.39. The summed E-state index contributed by atoms with van der Waals surface area (Å²) in [6.45, 7) is 0. The van der Waals surface area contributed by atoms with Gasteiger partial charge in [0.1, 0.15) is 11.2 Å². The van der Waals surface area contributed by atoms with Gasteiger partial charge in [0.15, 0.2) is 0 Å². The van der Waals surface area contributed by atoms with E-state index in [1.165, 1.54) is 53.2 Å². The maximum Gasteiger partial charge on any atom is 0.136 e. The largest absolute Gasteiger partial charge is 0.456 e. The molecule has 0 aliphatic rings. The number of nitrogens with zero attached hydrogens (tertiary/aromatic N) is 1. The topological polar surface area (TPSA) is 16.4 Å². The van der Waals surface area contributed by atoms with E-state index in [9.17, 15) is 0 Å². The average Bonchev–Trinajstić information content (AvgIpc) is 3.82. The molecule has 11 aromatic rings. The quantitative estimate of drug-likeness (QED) is 0.170. The van der Waals surface area contributed by atoms with Gasteiger partial charge in [0.2, 0.25) is 0 Å². The van der Waals surface area contributed by atoms with Crippen molar-refractivity contribution in [3.8, 4) is 33.4 Å². The second-order valence-corrected chi connectivity index (χ2v) is 15.1. The Morgan fingerprint density at radius 1 is 0.364 bits per heavy atom. The molecule has 2 heterocycles. The molecule has 9 aromatic carbocycles. The number of benzene rings is 9. The van der Waals surface area contributed by atoms with Crippen molar-refractivity contribution in [1.82, 2.24) is 0 Å². The van der Waals surface area contributed by atoms with Gasteiger partial charge in [0.25, 0.3) is 0 Å². The Bertz CT molecular complexity index is 3240. The lowest BCUT2D eigenvalue weighted by Gasteiger charge is -2.29. The van der Waals surface area contributed by atoms with Crippen molar-refractivity contribution in [1.29, 1.82) is 0 Å². The second-order valence-electron chi connectivity index (χ2n) is 14.1. The summed E-state index contributed by atoms with van der Waals surface area (Å²) < 4.78 is 8.94. The third-order valence-electron chi connectivity index (χ3n) is 10.9. The van der Waals surface area contributed by atoms with E-state index in [1.54, 1.807) is 0 Å². The van der Waals surface area contributed by atoms with E-state index in [1.807, 2.05) is 23.5 Å². The van der Waals surface area contributed by atoms with Crippen LogP contribution in [0.15, 0.2) is 205 Å². The van der Waals surface area contributed by atoms with Gasteiger partial charge in [-0.3, -0.25) is 0 Å². The molecule has 55 heavy (non-hydrogen) atoms. The summed E-state index contributed by atoms with van der Waals surface area (Å²) in [5, 5.41) is 7.34. The van der Waals surface area contributed by atoms with E-state index in [0.717, 1.165) is 50.1 Å². The fourth-order valence-corrected chi connectivity index (χ4v) is 9.49. The monoisotopic (exact) mass is 719 g/mol. The van der Waals surface area contributed by atoms with Gasteiger partial charge in [-0.2, -0.15) is 0 Å². The van der Waals surface area contributed by atoms with Crippen molar-refractivity contribution in [3.05, 3.63) is 200 Å². The molecule has 0 atom stereocenters. The fraction of sp³-hybridized carbons (Fsp3) is 0. The van der Waals surface area contributed by atoms with Crippen LogP contribution in [0.2, 0.25) is 0 Å². The van der Waals surface area contributed by atoms with Gasteiger partial charge in [0, 0.05) is 47.9 Å². The zero-order valence-electron chi connectivity index (χ0n) is 29.8. The van der Waals surface area contributed by atoms with Crippen LogP contribution in [0.3, 0.4) is 0 Å². The van der Waals surface area contributed by atoms with Crippen LogP contribution in [0, 0.1) is 0 Å². The van der Waals surface area contributed by atoms with Gasteiger partial charge < -0.3 is 9.32 Å². The predicted octanol–water partition coefficient (Wildman–Crippen LogP) is 15.6. The normalized spacial score (nSPS) is 11.6. The lowest BCUT2D eigenvalue weighted by molar-refractivity contribution is 0.669. The highest BCUT2D eigenvalue weighted by Crippen LogP contribution is 2.45. The summed E-state index contributed by atoms with van der Waals surface area (Å²) in [6, 6.07) is 72.3. The molecule has 0 amide bonds. The number of hydrogen-bond acceptors (Lipinski definition) is 3. The summed E-state index contributed by atoms with van der Waals surface area (Å²) in [4.78, 5) is 2.43. The van der Waals surface area contributed by atoms with E-state index in [-0.39, 0.29) is 0 Å². The molecular weight excluding hydrogens is 687 g/mol. The number of furan rings is 1. The highest BCUT2D eigenvalue weighted by molar-refractivity contribution is 7.25. The molecule has 0 saturated heterocycles. The smallest absolute Gasteiger partial charge is 0.136 e. The van der Waals surface area contributed by atoms with E-state index < -0.39 is 0 Å². The number of para-hydroxylation sites is 2. The summed E-state index contributed by atoms with van der Waals surface area (Å²) in [5.41, 5.74) is 12.1. The number of fused-ring (bicyclic) bond motifs is 7. The van der Waals surface area contributed by atoms with E-state index in [2.05, 4.69) is 193 Å². The minimum Gasteiger partial charge on any atom is -0.456 e. The highest BCUT2D eigenvalue weighted by Gasteiger charge is 2.20. The molecule has 2 aromatic heterocycles. The molecule has 0 N–H and O–H groups in total. The molecule has 258 valence electrons. The molecule has 2 nitrogen and oxygen atoms in total.